The summed E-state index contributed by atoms with van der Waals surface area (Å²) in [5, 5.41) is 11.2. The molecule has 1 aromatic heterocycles. The van der Waals surface area contributed by atoms with Gasteiger partial charge in [0, 0.05) is 5.38 Å². The van der Waals surface area contributed by atoms with Crippen LogP contribution < -0.4 is 4.74 Å². The Balaban J connectivity index is 2.52. The molecular formula is C14H14FNO3S. The van der Waals surface area contributed by atoms with Crippen LogP contribution in [0.15, 0.2) is 23.6 Å². The number of halogens is 1. The molecule has 0 spiro atoms. The number of benzene rings is 1. The number of rotatable bonds is 4. The lowest BCUT2D eigenvalue weighted by atomic mass is 9.90. The Labute approximate surface area is 119 Å². The predicted molar refractivity (Wildman–Crippen MR) is 74.7 cm³/mol. The summed E-state index contributed by atoms with van der Waals surface area (Å²) < 4.78 is 19.1. The first-order chi connectivity index (χ1) is 9.37. The van der Waals surface area contributed by atoms with E-state index >= 15 is 0 Å². The maximum Gasteiger partial charge on any atom is 0.315 e. The van der Waals surface area contributed by atoms with Crippen molar-refractivity contribution in [2.45, 2.75) is 19.3 Å². The molecule has 0 aliphatic carbocycles. The summed E-state index contributed by atoms with van der Waals surface area (Å²) >= 11 is 1.20. The highest BCUT2D eigenvalue weighted by Gasteiger charge is 2.32. The van der Waals surface area contributed by atoms with E-state index in [1.165, 1.54) is 24.5 Å². The van der Waals surface area contributed by atoms with Crippen LogP contribution in [-0.4, -0.2) is 23.2 Å². The molecule has 2 aromatic rings. The molecule has 0 unspecified atom stereocenters. The number of nitrogens with zero attached hydrogens (tertiary/aromatic N) is 1. The number of aromatic nitrogens is 1. The Morgan fingerprint density at radius 3 is 2.75 bits per heavy atom. The van der Waals surface area contributed by atoms with Crippen LogP contribution in [0.25, 0.3) is 10.6 Å². The Morgan fingerprint density at radius 2 is 2.15 bits per heavy atom. The summed E-state index contributed by atoms with van der Waals surface area (Å²) in [6, 6.07) is 4.51. The van der Waals surface area contributed by atoms with Crippen molar-refractivity contribution in [2.75, 3.05) is 7.11 Å². The molecule has 0 aliphatic rings. The topological polar surface area (TPSA) is 59.4 Å². The molecule has 1 N–H and O–H groups in total. The van der Waals surface area contributed by atoms with E-state index in [4.69, 9.17) is 4.74 Å². The van der Waals surface area contributed by atoms with Crippen LogP contribution in [0.2, 0.25) is 0 Å². The van der Waals surface area contributed by atoms with Crippen LogP contribution in [0.4, 0.5) is 4.39 Å². The minimum absolute atomic E-state index is 0.257. The van der Waals surface area contributed by atoms with Gasteiger partial charge in [0.05, 0.1) is 18.4 Å². The zero-order chi connectivity index (χ0) is 14.9. The van der Waals surface area contributed by atoms with Gasteiger partial charge in [-0.05, 0) is 26.0 Å². The van der Waals surface area contributed by atoms with Crippen LogP contribution in [0, 0.1) is 5.82 Å². The van der Waals surface area contributed by atoms with E-state index < -0.39 is 17.2 Å². The van der Waals surface area contributed by atoms with Gasteiger partial charge in [0.1, 0.15) is 22.0 Å². The summed E-state index contributed by atoms with van der Waals surface area (Å²) in [5.41, 5.74) is -0.462. The van der Waals surface area contributed by atoms with Gasteiger partial charge in [0.15, 0.2) is 0 Å². The summed E-state index contributed by atoms with van der Waals surface area (Å²) in [5.74, 6) is -1.05. The Morgan fingerprint density at radius 1 is 1.45 bits per heavy atom. The van der Waals surface area contributed by atoms with E-state index in [1.54, 1.807) is 31.4 Å². The van der Waals surface area contributed by atoms with Gasteiger partial charge >= 0.3 is 5.97 Å². The number of ether oxygens (including phenoxy) is 1. The third kappa shape index (κ3) is 2.38. The van der Waals surface area contributed by atoms with Gasteiger partial charge in [-0.15, -0.1) is 11.3 Å². The molecule has 0 radical (unpaired) electrons. The number of thiazole rings is 1. The summed E-state index contributed by atoms with van der Waals surface area (Å²) in [6.45, 7) is 3.12. The van der Waals surface area contributed by atoms with Crippen molar-refractivity contribution in [1.82, 2.24) is 4.98 Å². The molecule has 106 valence electrons. The molecule has 0 bridgehead atoms. The monoisotopic (exact) mass is 295 g/mol. The van der Waals surface area contributed by atoms with E-state index in [2.05, 4.69) is 4.98 Å². The minimum Gasteiger partial charge on any atom is -0.496 e. The van der Waals surface area contributed by atoms with Crippen LogP contribution in [0.5, 0.6) is 5.75 Å². The molecule has 4 nitrogen and oxygen atoms in total. The van der Waals surface area contributed by atoms with Gasteiger partial charge in [-0.25, -0.2) is 9.37 Å². The second-order valence-corrected chi connectivity index (χ2v) is 5.64. The third-order valence-corrected chi connectivity index (χ3v) is 3.95. The number of methoxy groups -OCH3 is 1. The third-order valence-electron chi connectivity index (χ3n) is 3.09. The van der Waals surface area contributed by atoms with Gasteiger partial charge in [-0.1, -0.05) is 6.07 Å². The number of carbonyl (C=O) groups is 1. The van der Waals surface area contributed by atoms with Crippen LogP contribution in [0.1, 0.15) is 19.5 Å². The van der Waals surface area contributed by atoms with E-state index in [0.717, 1.165) is 0 Å². The van der Waals surface area contributed by atoms with Crippen molar-refractivity contribution in [1.29, 1.82) is 0 Å². The Hall–Kier alpha value is -1.95. The first kappa shape index (κ1) is 14.5. The molecule has 6 heteroatoms. The molecule has 0 saturated heterocycles. The van der Waals surface area contributed by atoms with Crippen molar-refractivity contribution in [3.63, 3.8) is 0 Å². The minimum atomic E-state index is -1.12. The highest BCUT2D eigenvalue weighted by Crippen LogP contribution is 2.36. The van der Waals surface area contributed by atoms with E-state index in [1.807, 2.05) is 0 Å². The number of hydrogen-bond donors (Lipinski definition) is 1. The summed E-state index contributed by atoms with van der Waals surface area (Å²) in [6.07, 6.45) is 0. The van der Waals surface area contributed by atoms with Crippen molar-refractivity contribution >= 4 is 17.3 Å². The van der Waals surface area contributed by atoms with E-state index in [9.17, 15) is 14.3 Å². The summed E-state index contributed by atoms with van der Waals surface area (Å²) in [7, 11) is 1.45. The largest absolute Gasteiger partial charge is 0.496 e. The van der Waals surface area contributed by atoms with Gasteiger partial charge in [0.2, 0.25) is 0 Å². The maximum absolute atomic E-state index is 14.0. The lowest BCUT2D eigenvalue weighted by Crippen LogP contribution is -2.28. The molecular weight excluding hydrogens is 281 g/mol. The first-order valence-electron chi connectivity index (χ1n) is 5.90. The van der Waals surface area contributed by atoms with Gasteiger partial charge in [-0.2, -0.15) is 0 Å². The molecule has 20 heavy (non-hydrogen) atoms. The average molecular weight is 295 g/mol. The van der Waals surface area contributed by atoms with Crippen molar-refractivity contribution < 1.29 is 19.0 Å². The zero-order valence-electron chi connectivity index (χ0n) is 11.3. The van der Waals surface area contributed by atoms with Crippen LogP contribution in [0.3, 0.4) is 0 Å². The molecule has 1 heterocycles. The Kier molecular flexibility index (Phi) is 3.76. The predicted octanol–water partition coefficient (Wildman–Crippen LogP) is 3.32. The molecule has 0 atom stereocenters. The lowest BCUT2D eigenvalue weighted by Gasteiger charge is -2.15. The number of carboxylic acid groups (broad SMARTS) is 1. The highest BCUT2D eigenvalue weighted by atomic mass is 32.1. The molecule has 0 aliphatic heterocycles. The molecule has 1 aromatic carbocycles. The molecule has 0 fully saturated rings. The van der Waals surface area contributed by atoms with E-state index in [-0.39, 0.29) is 5.56 Å². The van der Waals surface area contributed by atoms with Crippen molar-refractivity contribution in [3.05, 3.63) is 35.1 Å². The fourth-order valence-corrected chi connectivity index (χ4v) is 2.70. The quantitative estimate of drug-likeness (QED) is 0.940. The van der Waals surface area contributed by atoms with Gasteiger partial charge in [-0.3, -0.25) is 4.79 Å². The smallest absolute Gasteiger partial charge is 0.315 e. The summed E-state index contributed by atoms with van der Waals surface area (Å²) in [4.78, 5) is 15.5. The lowest BCUT2D eigenvalue weighted by molar-refractivity contribution is -0.142. The Bertz CT molecular complexity index is 652. The first-order valence-corrected chi connectivity index (χ1v) is 6.78. The van der Waals surface area contributed by atoms with Crippen LogP contribution >= 0.6 is 11.3 Å². The van der Waals surface area contributed by atoms with Crippen molar-refractivity contribution in [3.8, 4) is 16.3 Å². The number of carboxylic acids is 1. The van der Waals surface area contributed by atoms with E-state index in [0.29, 0.717) is 16.5 Å². The second kappa shape index (κ2) is 5.20. The number of aliphatic carboxylic acids is 1. The van der Waals surface area contributed by atoms with Gasteiger partial charge in [0.25, 0.3) is 0 Å². The molecule has 0 saturated carbocycles. The second-order valence-electron chi connectivity index (χ2n) is 4.79. The highest BCUT2D eigenvalue weighted by molar-refractivity contribution is 7.13. The van der Waals surface area contributed by atoms with Crippen molar-refractivity contribution in [2.24, 2.45) is 0 Å². The molecule has 0 amide bonds. The molecule has 2 rings (SSSR count). The average Bonchev–Trinajstić information content (AvgIpc) is 2.87. The zero-order valence-corrected chi connectivity index (χ0v) is 12.1. The SMILES string of the molecule is COc1cccc(F)c1-c1nc(C(C)(C)C(=O)O)cs1. The fraction of sp³-hybridized carbons (Fsp3) is 0.286. The normalized spacial score (nSPS) is 11.4. The standard InChI is InChI=1S/C14H14FNO3S/c1-14(2,13(17)18)10-7-20-12(16-10)11-8(15)5-4-6-9(11)19-3/h4-7H,1-3H3,(H,17,18). The van der Waals surface area contributed by atoms with Gasteiger partial charge < -0.3 is 9.84 Å². The fourth-order valence-electron chi connectivity index (χ4n) is 1.67. The van der Waals surface area contributed by atoms with Crippen LogP contribution in [-0.2, 0) is 10.2 Å². The maximum atomic E-state index is 14.0. The number of hydrogen-bond acceptors (Lipinski definition) is 4.